The van der Waals surface area contributed by atoms with E-state index in [0.29, 0.717) is 18.6 Å². The van der Waals surface area contributed by atoms with Crippen LogP contribution in [0, 0.1) is 12.7 Å². The molecule has 33 heavy (non-hydrogen) atoms. The Labute approximate surface area is 192 Å². The number of halogens is 1. The lowest BCUT2D eigenvalue weighted by Crippen LogP contribution is -2.43. The van der Waals surface area contributed by atoms with Crippen LogP contribution in [-0.2, 0) is 0 Å². The maximum absolute atomic E-state index is 13.7. The van der Waals surface area contributed by atoms with Crippen molar-refractivity contribution in [3.63, 3.8) is 0 Å². The van der Waals surface area contributed by atoms with Gasteiger partial charge in [-0.15, -0.1) is 0 Å². The van der Waals surface area contributed by atoms with E-state index in [9.17, 15) is 4.39 Å². The van der Waals surface area contributed by atoms with Crippen LogP contribution in [0.1, 0.15) is 42.9 Å². The molecule has 170 valence electrons. The quantitative estimate of drug-likeness (QED) is 0.428. The number of benzene rings is 2. The topological polar surface area (TPSA) is 59.2 Å². The van der Waals surface area contributed by atoms with Gasteiger partial charge in [0.2, 0.25) is 0 Å². The third-order valence-corrected chi connectivity index (χ3v) is 7.11. The molecule has 2 aromatic heterocycles. The second kappa shape index (κ2) is 8.34. The molecular formula is C27H28FN3O2. The fourth-order valence-corrected chi connectivity index (χ4v) is 5.34. The number of H-pyrrole nitrogens is 1. The zero-order valence-corrected chi connectivity index (χ0v) is 18.7. The van der Waals surface area contributed by atoms with E-state index in [1.165, 1.54) is 11.6 Å². The van der Waals surface area contributed by atoms with E-state index >= 15 is 0 Å². The highest BCUT2D eigenvalue weighted by Crippen LogP contribution is 2.39. The summed E-state index contributed by atoms with van der Waals surface area (Å²) in [5.74, 6) is 1.89. The number of hydrogen-bond donors (Lipinski definition) is 2. The van der Waals surface area contributed by atoms with Crippen molar-refractivity contribution >= 4 is 21.8 Å². The smallest absolute Gasteiger partial charge is 0.171 e. The molecule has 1 fully saturated rings. The molecule has 1 aliphatic heterocycles. The summed E-state index contributed by atoms with van der Waals surface area (Å²) in [4.78, 5) is 7.90. The van der Waals surface area contributed by atoms with Gasteiger partial charge in [-0.25, -0.2) is 4.39 Å². The van der Waals surface area contributed by atoms with Crippen molar-refractivity contribution in [3.05, 3.63) is 65.7 Å². The summed E-state index contributed by atoms with van der Waals surface area (Å²) in [5, 5.41) is 5.72. The first-order valence-electron chi connectivity index (χ1n) is 11.8. The van der Waals surface area contributed by atoms with Crippen LogP contribution >= 0.6 is 0 Å². The van der Waals surface area contributed by atoms with Crippen LogP contribution in [0.3, 0.4) is 0 Å². The van der Waals surface area contributed by atoms with Gasteiger partial charge in [0, 0.05) is 40.8 Å². The molecule has 1 atom stereocenters. The first-order valence-corrected chi connectivity index (χ1v) is 11.8. The molecule has 1 saturated carbocycles. The number of fused-ring (bicyclic) bond motifs is 4. The van der Waals surface area contributed by atoms with E-state index in [2.05, 4.69) is 27.5 Å². The first kappa shape index (κ1) is 20.5. The molecule has 2 aliphatic rings. The van der Waals surface area contributed by atoms with Crippen molar-refractivity contribution in [1.82, 2.24) is 15.3 Å². The molecule has 3 heterocycles. The summed E-state index contributed by atoms with van der Waals surface area (Å²) in [6.07, 6.45) is 6.43. The molecule has 2 N–H and O–H groups in total. The minimum Gasteiger partial charge on any atom is -0.486 e. The Bertz CT molecular complexity index is 1310. The van der Waals surface area contributed by atoms with Crippen LogP contribution in [0.2, 0.25) is 0 Å². The summed E-state index contributed by atoms with van der Waals surface area (Å²) in [6, 6.07) is 13.5. The summed E-state index contributed by atoms with van der Waals surface area (Å²) in [5.41, 5.74) is 4.19. The summed E-state index contributed by atoms with van der Waals surface area (Å²) < 4.78 is 26.1. The standard InChI is InChI=1S/C27H28FN3O2/c1-16-2-8-21-25(31-16)10-11-26-27(21)33-20(15-32-26)13-29-19-6-3-17(4-7-19)23-14-30-24-9-5-18(28)12-22(23)24/h2,5,8-12,14,17,19-20,29-30H,3-4,6-7,13,15H2,1H3/t17-,19-,20-/m0/s1. The number of ether oxygens (including phenoxy) is 2. The van der Waals surface area contributed by atoms with E-state index in [4.69, 9.17) is 9.47 Å². The van der Waals surface area contributed by atoms with Crippen LogP contribution < -0.4 is 14.8 Å². The number of pyridine rings is 1. The number of aromatic amines is 1. The molecule has 0 spiro atoms. The van der Waals surface area contributed by atoms with Gasteiger partial charge in [-0.2, -0.15) is 0 Å². The van der Waals surface area contributed by atoms with Crippen molar-refractivity contribution in [2.45, 2.75) is 50.7 Å². The molecule has 6 rings (SSSR count). The van der Waals surface area contributed by atoms with E-state index in [1.54, 1.807) is 6.07 Å². The maximum Gasteiger partial charge on any atom is 0.171 e. The van der Waals surface area contributed by atoms with Gasteiger partial charge in [-0.05, 0) is 86.6 Å². The first-order chi connectivity index (χ1) is 16.1. The highest BCUT2D eigenvalue weighted by Gasteiger charge is 2.27. The van der Waals surface area contributed by atoms with Crippen molar-refractivity contribution in [2.75, 3.05) is 13.2 Å². The Morgan fingerprint density at radius 3 is 2.82 bits per heavy atom. The average molecular weight is 446 g/mol. The number of aromatic nitrogens is 2. The van der Waals surface area contributed by atoms with E-state index < -0.39 is 0 Å². The SMILES string of the molecule is Cc1ccc2c3c(ccc2n1)OC[C@H](CN[C@H]1CC[C@H](c2c[nH]c4ccc(F)cc42)CC1)O3. The number of nitrogens with zero attached hydrogens (tertiary/aromatic N) is 1. The predicted molar refractivity (Wildman–Crippen MR) is 128 cm³/mol. The van der Waals surface area contributed by atoms with Gasteiger partial charge in [0.25, 0.3) is 0 Å². The molecular weight excluding hydrogens is 417 g/mol. The lowest BCUT2D eigenvalue weighted by molar-refractivity contribution is 0.0885. The van der Waals surface area contributed by atoms with Crippen molar-refractivity contribution < 1.29 is 13.9 Å². The Kier molecular flexibility index (Phi) is 5.18. The third kappa shape index (κ3) is 3.93. The van der Waals surface area contributed by atoms with Crippen LogP contribution in [-0.4, -0.2) is 35.3 Å². The van der Waals surface area contributed by atoms with Gasteiger partial charge in [0.1, 0.15) is 18.5 Å². The van der Waals surface area contributed by atoms with Gasteiger partial charge in [-0.1, -0.05) is 0 Å². The third-order valence-electron chi connectivity index (χ3n) is 7.11. The Hall–Kier alpha value is -3.12. The van der Waals surface area contributed by atoms with Crippen molar-refractivity contribution in [2.24, 2.45) is 0 Å². The minimum atomic E-state index is -0.173. The largest absolute Gasteiger partial charge is 0.486 e. The monoisotopic (exact) mass is 445 g/mol. The predicted octanol–water partition coefficient (Wildman–Crippen LogP) is 5.62. The second-order valence-electron chi connectivity index (χ2n) is 9.35. The fourth-order valence-electron chi connectivity index (χ4n) is 5.34. The zero-order valence-electron chi connectivity index (χ0n) is 18.7. The normalized spacial score (nSPS) is 22.7. The van der Waals surface area contributed by atoms with E-state index in [0.717, 1.165) is 71.2 Å². The molecule has 0 amide bonds. The molecule has 0 radical (unpaired) electrons. The van der Waals surface area contributed by atoms with Gasteiger partial charge in [0.15, 0.2) is 11.5 Å². The molecule has 0 saturated heterocycles. The molecule has 2 aromatic carbocycles. The molecule has 0 bridgehead atoms. The van der Waals surface area contributed by atoms with Gasteiger partial charge >= 0.3 is 0 Å². The Morgan fingerprint density at radius 2 is 1.94 bits per heavy atom. The molecule has 6 heteroatoms. The summed E-state index contributed by atoms with van der Waals surface area (Å²) in [6.45, 7) is 3.29. The number of hydrogen-bond acceptors (Lipinski definition) is 4. The Balaban J connectivity index is 1.07. The average Bonchev–Trinajstić information content (AvgIpc) is 3.25. The minimum absolute atomic E-state index is 0.0290. The van der Waals surface area contributed by atoms with E-state index in [-0.39, 0.29) is 11.9 Å². The molecule has 1 aliphatic carbocycles. The van der Waals surface area contributed by atoms with Crippen LogP contribution in [0.4, 0.5) is 4.39 Å². The van der Waals surface area contributed by atoms with Gasteiger partial charge < -0.3 is 19.8 Å². The molecule has 0 unspecified atom stereocenters. The molecule has 4 aromatic rings. The Morgan fingerprint density at radius 1 is 1.06 bits per heavy atom. The van der Waals surface area contributed by atoms with Crippen molar-refractivity contribution in [1.29, 1.82) is 0 Å². The maximum atomic E-state index is 13.7. The number of rotatable bonds is 4. The van der Waals surface area contributed by atoms with Crippen molar-refractivity contribution in [3.8, 4) is 11.5 Å². The van der Waals surface area contributed by atoms with E-state index in [1.807, 2.05) is 31.2 Å². The van der Waals surface area contributed by atoms with Crippen LogP contribution in [0.5, 0.6) is 11.5 Å². The van der Waals surface area contributed by atoms with Crippen LogP contribution in [0.25, 0.3) is 21.8 Å². The summed E-state index contributed by atoms with van der Waals surface area (Å²) >= 11 is 0. The van der Waals surface area contributed by atoms with Gasteiger partial charge in [0.05, 0.1) is 5.52 Å². The number of aryl methyl sites for hydroxylation is 1. The lowest BCUT2D eigenvalue weighted by atomic mass is 9.81. The molecule has 5 nitrogen and oxygen atoms in total. The van der Waals surface area contributed by atoms with Crippen LogP contribution in [0.15, 0.2) is 48.7 Å². The van der Waals surface area contributed by atoms with Gasteiger partial charge in [-0.3, -0.25) is 4.98 Å². The highest BCUT2D eigenvalue weighted by molar-refractivity contribution is 5.88. The zero-order chi connectivity index (χ0) is 22.4. The second-order valence-corrected chi connectivity index (χ2v) is 9.35. The summed E-state index contributed by atoms with van der Waals surface area (Å²) in [7, 11) is 0. The fraction of sp³-hybridized carbons (Fsp3) is 0.370. The lowest BCUT2D eigenvalue weighted by Gasteiger charge is -2.32. The number of nitrogens with one attached hydrogen (secondary N) is 2. The highest BCUT2D eigenvalue weighted by atomic mass is 19.1.